The van der Waals surface area contributed by atoms with Gasteiger partial charge in [0.15, 0.2) is 0 Å². The van der Waals surface area contributed by atoms with Gasteiger partial charge in [-0.2, -0.15) is 0 Å². The number of hydrogen-bond donors (Lipinski definition) is 2. The first kappa shape index (κ1) is 17.1. The molecule has 4 heteroatoms. The Balaban J connectivity index is 2.27. The molecule has 0 radical (unpaired) electrons. The molecule has 0 spiro atoms. The van der Waals surface area contributed by atoms with Gasteiger partial charge in [-0.05, 0) is 25.8 Å². The first-order valence-corrected chi connectivity index (χ1v) is 7.25. The fourth-order valence-electron chi connectivity index (χ4n) is 1.84. The van der Waals surface area contributed by atoms with Crippen LogP contribution in [0.4, 0.5) is 4.39 Å². The molecule has 20 heavy (non-hydrogen) atoms. The summed E-state index contributed by atoms with van der Waals surface area (Å²) in [4.78, 5) is 0. The summed E-state index contributed by atoms with van der Waals surface area (Å²) < 4.78 is 18.7. The largest absolute Gasteiger partial charge is 0.389 e. The van der Waals surface area contributed by atoms with Crippen LogP contribution in [0, 0.1) is 5.82 Å². The third-order valence-corrected chi connectivity index (χ3v) is 3.85. The molecule has 0 fully saturated rings. The van der Waals surface area contributed by atoms with Gasteiger partial charge in [0, 0.05) is 17.6 Å². The Morgan fingerprint density at radius 1 is 1.30 bits per heavy atom. The van der Waals surface area contributed by atoms with Gasteiger partial charge in [0.05, 0.1) is 19.3 Å². The maximum absolute atomic E-state index is 13.4. The average molecular weight is 283 g/mol. The van der Waals surface area contributed by atoms with E-state index in [2.05, 4.69) is 26.1 Å². The van der Waals surface area contributed by atoms with Crippen molar-refractivity contribution >= 4 is 0 Å². The van der Waals surface area contributed by atoms with Gasteiger partial charge in [0.2, 0.25) is 0 Å². The average Bonchev–Trinajstić information content (AvgIpc) is 2.47. The molecular weight excluding hydrogens is 257 g/mol. The predicted octanol–water partition coefficient (Wildman–Crippen LogP) is 2.87. The lowest BCUT2D eigenvalue weighted by Gasteiger charge is -2.29. The molecule has 0 aromatic heterocycles. The molecule has 0 aliphatic carbocycles. The van der Waals surface area contributed by atoms with Crippen molar-refractivity contribution in [1.29, 1.82) is 0 Å². The Labute approximate surface area is 121 Å². The van der Waals surface area contributed by atoms with Crippen molar-refractivity contribution < 1.29 is 14.2 Å². The summed E-state index contributed by atoms with van der Waals surface area (Å²) in [6.45, 7) is 7.25. The molecule has 0 saturated heterocycles. The molecule has 0 bridgehead atoms. The Kier molecular flexibility index (Phi) is 7.13. The lowest BCUT2D eigenvalue weighted by atomic mass is 9.95. The maximum atomic E-state index is 13.4. The lowest BCUT2D eigenvalue weighted by molar-refractivity contribution is 0.0240. The number of halogens is 1. The summed E-state index contributed by atoms with van der Waals surface area (Å²) in [6, 6.07) is 6.51. The van der Waals surface area contributed by atoms with E-state index in [4.69, 9.17) is 4.74 Å². The Bertz CT molecular complexity index is 394. The fraction of sp³-hybridized carbons (Fsp3) is 0.625. The molecule has 0 aliphatic heterocycles. The maximum Gasteiger partial charge on any atom is 0.128 e. The van der Waals surface area contributed by atoms with Gasteiger partial charge in [0.1, 0.15) is 5.82 Å². The van der Waals surface area contributed by atoms with E-state index >= 15 is 0 Å². The first-order valence-electron chi connectivity index (χ1n) is 7.25. The topological polar surface area (TPSA) is 41.5 Å². The zero-order chi connectivity index (χ0) is 15.0. The highest BCUT2D eigenvalue weighted by molar-refractivity contribution is 5.16. The quantitative estimate of drug-likeness (QED) is 0.732. The molecule has 2 N–H and O–H groups in total. The van der Waals surface area contributed by atoms with E-state index in [9.17, 15) is 9.50 Å². The van der Waals surface area contributed by atoms with Gasteiger partial charge >= 0.3 is 0 Å². The van der Waals surface area contributed by atoms with Crippen molar-refractivity contribution in [3.8, 4) is 0 Å². The minimum atomic E-state index is -0.584. The molecule has 1 rings (SSSR count). The van der Waals surface area contributed by atoms with Crippen molar-refractivity contribution in [2.75, 3.05) is 13.2 Å². The monoisotopic (exact) mass is 283 g/mol. The minimum Gasteiger partial charge on any atom is -0.389 e. The van der Waals surface area contributed by atoms with Crippen LogP contribution in [0.5, 0.6) is 0 Å². The number of aliphatic hydroxyl groups excluding tert-OH is 1. The standard InChI is InChI=1S/C16H26FNO2/c1-4-16(3,5-2)18-10-14(19)12-20-11-13-8-6-7-9-15(13)17/h6-9,14,18-19H,4-5,10-12H2,1-3H3. The number of ether oxygens (including phenoxy) is 1. The van der Waals surface area contributed by atoms with E-state index in [1.54, 1.807) is 18.2 Å². The third kappa shape index (κ3) is 5.57. The highest BCUT2D eigenvalue weighted by Gasteiger charge is 2.19. The van der Waals surface area contributed by atoms with Crippen LogP contribution in [-0.4, -0.2) is 29.9 Å². The third-order valence-electron chi connectivity index (χ3n) is 3.85. The molecule has 3 nitrogen and oxygen atoms in total. The second-order valence-electron chi connectivity index (χ2n) is 5.41. The summed E-state index contributed by atoms with van der Waals surface area (Å²) in [5.74, 6) is -0.273. The second-order valence-corrected chi connectivity index (χ2v) is 5.41. The Morgan fingerprint density at radius 3 is 2.55 bits per heavy atom. The van der Waals surface area contributed by atoms with Crippen molar-refractivity contribution in [3.05, 3.63) is 35.6 Å². The molecule has 1 atom stereocenters. The van der Waals surface area contributed by atoms with Crippen LogP contribution >= 0.6 is 0 Å². The van der Waals surface area contributed by atoms with Gasteiger partial charge in [-0.25, -0.2) is 4.39 Å². The van der Waals surface area contributed by atoms with Crippen LogP contribution in [-0.2, 0) is 11.3 Å². The normalized spacial score (nSPS) is 13.4. The van der Waals surface area contributed by atoms with Crippen molar-refractivity contribution in [2.45, 2.75) is 51.9 Å². The highest BCUT2D eigenvalue weighted by atomic mass is 19.1. The summed E-state index contributed by atoms with van der Waals surface area (Å²) in [6.07, 6.45) is 1.43. The van der Waals surface area contributed by atoms with E-state index in [0.29, 0.717) is 12.1 Å². The van der Waals surface area contributed by atoms with E-state index in [1.165, 1.54) is 6.07 Å². The van der Waals surface area contributed by atoms with Crippen LogP contribution in [0.3, 0.4) is 0 Å². The fourth-order valence-corrected chi connectivity index (χ4v) is 1.84. The number of benzene rings is 1. The molecule has 0 saturated carbocycles. The summed E-state index contributed by atoms with van der Waals surface area (Å²) in [7, 11) is 0. The molecule has 0 heterocycles. The summed E-state index contributed by atoms with van der Waals surface area (Å²) >= 11 is 0. The molecule has 1 aromatic rings. The first-order chi connectivity index (χ1) is 9.50. The SMILES string of the molecule is CCC(C)(CC)NCC(O)COCc1ccccc1F. The van der Waals surface area contributed by atoms with E-state index < -0.39 is 6.10 Å². The summed E-state index contributed by atoms with van der Waals surface area (Å²) in [5.41, 5.74) is 0.562. The molecule has 0 amide bonds. The zero-order valence-electron chi connectivity index (χ0n) is 12.7. The predicted molar refractivity (Wildman–Crippen MR) is 79.1 cm³/mol. The van der Waals surface area contributed by atoms with Gasteiger partial charge in [-0.15, -0.1) is 0 Å². The highest BCUT2D eigenvalue weighted by Crippen LogP contribution is 2.13. The van der Waals surface area contributed by atoms with Crippen LogP contribution in [0.15, 0.2) is 24.3 Å². The second kappa shape index (κ2) is 8.35. The van der Waals surface area contributed by atoms with E-state index in [0.717, 1.165) is 12.8 Å². The molecule has 114 valence electrons. The smallest absolute Gasteiger partial charge is 0.128 e. The van der Waals surface area contributed by atoms with Crippen LogP contribution in [0.1, 0.15) is 39.2 Å². The molecular formula is C16H26FNO2. The lowest BCUT2D eigenvalue weighted by Crippen LogP contribution is -2.45. The van der Waals surface area contributed by atoms with Gasteiger partial charge in [-0.1, -0.05) is 32.0 Å². The summed E-state index contributed by atoms with van der Waals surface area (Å²) in [5, 5.41) is 13.2. The zero-order valence-corrected chi connectivity index (χ0v) is 12.7. The van der Waals surface area contributed by atoms with Gasteiger partial charge in [-0.3, -0.25) is 0 Å². The number of β-amino-alcohol motifs (C(OH)–C–C–N with tert-alkyl or cyclic N) is 1. The molecule has 1 aromatic carbocycles. The van der Waals surface area contributed by atoms with Gasteiger partial charge < -0.3 is 15.2 Å². The number of hydrogen-bond acceptors (Lipinski definition) is 3. The number of rotatable bonds is 9. The van der Waals surface area contributed by atoms with E-state index in [-0.39, 0.29) is 24.6 Å². The van der Waals surface area contributed by atoms with Crippen molar-refractivity contribution in [2.24, 2.45) is 0 Å². The molecule has 0 aliphatic rings. The Morgan fingerprint density at radius 2 is 1.95 bits per heavy atom. The van der Waals surface area contributed by atoms with E-state index in [1.807, 2.05) is 0 Å². The van der Waals surface area contributed by atoms with Crippen LogP contribution < -0.4 is 5.32 Å². The number of nitrogens with one attached hydrogen (secondary N) is 1. The van der Waals surface area contributed by atoms with Crippen LogP contribution in [0.2, 0.25) is 0 Å². The molecule has 1 unspecified atom stereocenters. The number of aliphatic hydroxyl groups is 1. The van der Waals surface area contributed by atoms with Crippen molar-refractivity contribution in [1.82, 2.24) is 5.32 Å². The minimum absolute atomic E-state index is 0.0481. The van der Waals surface area contributed by atoms with Gasteiger partial charge in [0.25, 0.3) is 0 Å². The van der Waals surface area contributed by atoms with Crippen LogP contribution in [0.25, 0.3) is 0 Å². The Hall–Kier alpha value is -0.970. The van der Waals surface area contributed by atoms with Crippen molar-refractivity contribution in [3.63, 3.8) is 0 Å².